The Bertz CT molecular complexity index is 641. The Labute approximate surface area is 132 Å². The highest BCUT2D eigenvalue weighted by Gasteiger charge is 2.08. The van der Waals surface area contributed by atoms with Gasteiger partial charge in [-0.3, -0.25) is 0 Å². The number of rotatable bonds is 4. The summed E-state index contributed by atoms with van der Waals surface area (Å²) in [5.74, 6) is -0.000596. The fourth-order valence-corrected chi connectivity index (χ4v) is 2.06. The highest BCUT2D eigenvalue weighted by atomic mass is 79.9. The number of hydroxylamine groups is 1. The molecule has 0 spiro atoms. The van der Waals surface area contributed by atoms with Crippen LogP contribution in [0.2, 0.25) is 0 Å². The summed E-state index contributed by atoms with van der Waals surface area (Å²) in [5.41, 5.74) is 6.98. The van der Waals surface area contributed by atoms with E-state index >= 15 is 0 Å². The monoisotopic (exact) mass is 347 g/mol. The summed E-state index contributed by atoms with van der Waals surface area (Å²) in [6, 6.07) is 12.9. The summed E-state index contributed by atoms with van der Waals surface area (Å²) < 4.78 is 0.931. The van der Waals surface area contributed by atoms with Crippen LogP contribution >= 0.6 is 15.9 Å². The van der Waals surface area contributed by atoms with Crippen LogP contribution in [0.15, 0.2) is 46.9 Å². The lowest BCUT2D eigenvalue weighted by atomic mass is 10.1. The van der Waals surface area contributed by atoms with Crippen LogP contribution in [-0.4, -0.2) is 15.8 Å². The van der Waals surface area contributed by atoms with E-state index in [1.807, 2.05) is 44.2 Å². The molecule has 0 amide bonds. The van der Waals surface area contributed by atoms with E-state index in [2.05, 4.69) is 26.2 Å². The second-order valence-electron chi connectivity index (χ2n) is 4.70. The normalized spacial score (nSPS) is 10.3. The van der Waals surface area contributed by atoms with Gasteiger partial charge in [0.2, 0.25) is 6.29 Å². The lowest BCUT2D eigenvalue weighted by Crippen LogP contribution is -2.11. The Morgan fingerprint density at radius 3 is 2.52 bits per heavy atom. The van der Waals surface area contributed by atoms with E-state index in [0.29, 0.717) is 11.1 Å². The zero-order valence-electron chi connectivity index (χ0n) is 11.8. The van der Waals surface area contributed by atoms with Gasteiger partial charge < -0.3 is 15.4 Å². The number of aliphatic hydroxyl groups is 2. The molecule has 0 saturated heterocycles. The Balaban J connectivity index is 2.00. The summed E-state index contributed by atoms with van der Waals surface area (Å²) in [4.78, 5) is 3.76. The van der Waals surface area contributed by atoms with E-state index < -0.39 is 0 Å². The molecule has 0 aromatic heterocycles. The van der Waals surface area contributed by atoms with Gasteiger partial charge in [0.05, 0.1) is 0 Å². The third-order valence-corrected chi connectivity index (χ3v) is 3.53. The van der Waals surface area contributed by atoms with Crippen molar-refractivity contribution in [3.8, 4) is 0 Å². The third kappa shape index (κ3) is 4.07. The zero-order valence-corrected chi connectivity index (χ0v) is 13.3. The van der Waals surface area contributed by atoms with Crippen LogP contribution in [0.4, 0.5) is 0 Å². The number of aliphatic hydroxyl groups excluding tert-OH is 1. The van der Waals surface area contributed by atoms with Crippen LogP contribution in [0.3, 0.4) is 0 Å². The third-order valence-electron chi connectivity index (χ3n) is 3.00. The molecule has 0 atom stereocenters. The molecule has 0 bridgehead atoms. The molecule has 0 radical (unpaired) electrons. The molecule has 0 aliphatic carbocycles. The number of halogens is 1. The molecule has 0 aliphatic heterocycles. The topological polar surface area (TPSA) is 71.0 Å². The van der Waals surface area contributed by atoms with E-state index in [9.17, 15) is 5.11 Å². The Kier molecular flexibility index (Phi) is 5.01. The molecule has 0 aliphatic rings. The second-order valence-corrected chi connectivity index (χ2v) is 5.61. The first-order chi connectivity index (χ1) is 9.97. The van der Waals surface area contributed by atoms with Crippen molar-refractivity contribution < 1.29 is 9.94 Å². The minimum atomic E-state index is -0.182. The van der Waals surface area contributed by atoms with Gasteiger partial charge >= 0.3 is 0 Å². The largest absolute Gasteiger partial charge is 0.476 e. The maximum absolute atomic E-state index is 10.0. The highest BCUT2D eigenvalue weighted by Crippen LogP contribution is 2.20. The molecule has 3 N–H and O–H groups in total. The summed E-state index contributed by atoms with van der Waals surface area (Å²) in [5, 5.41) is 17.9. The van der Waals surface area contributed by atoms with Crippen LogP contribution in [0.5, 0.6) is 0 Å². The van der Waals surface area contributed by atoms with E-state index in [1.165, 1.54) is 0 Å². The molecule has 4 nitrogen and oxygen atoms in total. The SMILES string of the molecule is Cc1ccc(C)c([C-](O)[OH+][N-]C(=N)c2ccc(Br)cc2)c1. The van der Waals surface area contributed by atoms with Crippen molar-refractivity contribution in [3.63, 3.8) is 0 Å². The molecular formula is C16H16BrN2O2-. The number of nitrogens with one attached hydrogen (secondary N) is 1. The van der Waals surface area contributed by atoms with Crippen molar-refractivity contribution in [2.75, 3.05) is 0 Å². The van der Waals surface area contributed by atoms with Crippen LogP contribution < -0.4 is 0 Å². The van der Waals surface area contributed by atoms with Crippen LogP contribution in [0, 0.1) is 25.5 Å². The van der Waals surface area contributed by atoms with Crippen LogP contribution in [-0.2, 0) is 0 Å². The van der Waals surface area contributed by atoms with Crippen molar-refractivity contribution in [2.24, 2.45) is 0 Å². The number of hydrogen-bond acceptors (Lipinski definition) is 2. The van der Waals surface area contributed by atoms with Gasteiger partial charge in [-0.1, -0.05) is 53.5 Å². The maximum Gasteiger partial charge on any atom is 0.249 e. The minimum Gasteiger partial charge on any atom is -0.476 e. The van der Waals surface area contributed by atoms with E-state index in [1.54, 1.807) is 12.1 Å². The summed E-state index contributed by atoms with van der Waals surface area (Å²) in [7, 11) is 0. The molecule has 2 rings (SSSR count). The molecular weight excluding hydrogens is 332 g/mol. The summed E-state index contributed by atoms with van der Waals surface area (Å²) >= 11 is 3.33. The first kappa shape index (κ1) is 15.6. The number of hydrogen-bond donors (Lipinski definition) is 2. The molecule has 0 fully saturated rings. The van der Waals surface area contributed by atoms with E-state index in [4.69, 9.17) is 5.41 Å². The van der Waals surface area contributed by atoms with Gasteiger partial charge in [0.15, 0.2) is 0 Å². The Morgan fingerprint density at radius 1 is 1.19 bits per heavy atom. The number of amidine groups is 1. The van der Waals surface area contributed by atoms with Gasteiger partial charge in [-0.05, 0) is 17.7 Å². The van der Waals surface area contributed by atoms with Crippen molar-refractivity contribution in [1.82, 2.24) is 0 Å². The summed E-state index contributed by atoms with van der Waals surface area (Å²) in [6.45, 7) is 3.83. The quantitative estimate of drug-likeness (QED) is 0.274. The predicted octanol–water partition coefficient (Wildman–Crippen LogP) is 4.60. The van der Waals surface area contributed by atoms with Gasteiger partial charge in [-0.2, -0.15) is 5.48 Å². The van der Waals surface area contributed by atoms with Crippen molar-refractivity contribution >= 4 is 21.8 Å². The van der Waals surface area contributed by atoms with Gasteiger partial charge in [-0.15, -0.1) is 23.3 Å². The molecule has 110 valence electrons. The first-order valence-electron chi connectivity index (χ1n) is 6.37. The lowest BCUT2D eigenvalue weighted by molar-refractivity contribution is -0.0421. The molecule has 2 aromatic rings. The fraction of sp³-hybridized carbons (Fsp3) is 0.125. The summed E-state index contributed by atoms with van der Waals surface area (Å²) in [6.07, 6.45) is -0.182. The standard InChI is InChI=1S/C16H16BrN2O2/c1-10-3-4-11(2)14(9-10)16(20)21-19-15(18)12-5-7-13(17)8-6-12/h3-9,20-21H,1-2H3,(H-,18,19)/q-1. The molecule has 5 heteroatoms. The Morgan fingerprint density at radius 2 is 1.86 bits per heavy atom. The predicted molar refractivity (Wildman–Crippen MR) is 86.3 cm³/mol. The number of aryl methyl sites for hydroxylation is 2. The average molecular weight is 348 g/mol. The molecule has 0 saturated carbocycles. The van der Waals surface area contributed by atoms with E-state index in [0.717, 1.165) is 15.6 Å². The highest BCUT2D eigenvalue weighted by molar-refractivity contribution is 9.10. The number of nitrogens with zero attached hydrogens (tertiary/aromatic N) is 1. The van der Waals surface area contributed by atoms with E-state index in [-0.39, 0.29) is 12.1 Å². The molecule has 0 heterocycles. The zero-order chi connectivity index (χ0) is 15.4. The van der Waals surface area contributed by atoms with Gasteiger partial charge in [0.1, 0.15) is 0 Å². The first-order valence-corrected chi connectivity index (χ1v) is 7.16. The molecule has 21 heavy (non-hydrogen) atoms. The average Bonchev–Trinajstić information content (AvgIpc) is 2.47. The lowest BCUT2D eigenvalue weighted by Gasteiger charge is -2.21. The molecule has 2 aromatic carbocycles. The fourth-order valence-electron chi connectivity index (χ4n) is 1.79. The van der Waals surface area contributed by atoms with Crippen LogP contribution in [0.1, 0.15) is 22.3 Å². The van der Waals surface area contributed by atoms with Gasteiger partial charge in [0, 0.05) is 10.3 Å². The number of benzene rings is 2. The van der Waals surface area contributed by atoms with Crippen molar-refractivity contribution in [2.45, 2.75) is 13.8 Å². The Hall–Kier alpha value is -1.82. The molecule has 0 unspecified atom stereocenters. The van der Waals surface area contributed by atoms with Crippen molar-refractivity contribution in [3.05, 3.63) is 81.0 Å². The van der Waals surface area contributed by atoms with Gasteiger partial charge in [0.25, 0.3) is 0 Å². The van der Waals surface area contributed by atoms with Gasteiger partial charge in [-0.25, -0.2) is 0 Å². The maximum atomic E-state index is 10.0. The second kappa shape index (κ2) is 6.76. The smallest absolute Gasteiger partial charge is 0.249 e. The van der Waals surface area contributed by atoms with Crippen molar-refractivity contribution in [1.29, 1.82) is 5.41 Å². The minimum absolute atomic E-state index is 0.000596. The van der Waals surface area contributed by atoms with Crippen LogP contribution in [0.25, 0.3) is 5.48 Å².